The third-order valence-electron chi connectivity index (χ3n) is 1.46. The lowest BCUT2D eigenvalue weighted by atomic mass is 10.2. The average Bonchev–Trinajstić information content (AvgIpc) is 2.31. The molecule has 0 aromatic rings. The van der Waals surface area contributed by atoms with E-state index >= 15 is 0 Å². The Balaban J connectivity index is 2.69. The van der Waals surface area contributed by atoms with Crippen LogP contribution < -0.4 is 0 Å². The van der Waals surface area contributed by atoms with Gasteiger partial charge < -0.3 is 14.6 Å². The first-order valence-electron chi connectivity index (χ1n) is 3.11. The fourth-order valence-electron chi connectivity index (χ4n) is 0.865. The third-order valence-corrected chi connectivity index (χ3v) is 1.46. The van der Waals surface area contributed by atoms with E-state index in [0.29, 0.717) is 0 Å². The number of carbonyl (C=O) groups is 2. The van der Waals surface area contributed by atoms with Crippen molar-refractivity contribution in [3.63, 3.8) is 0 Å². The van der Waals surface area contributed by atoms with Gasteiger partial charge in [0.25, 0.3) is 0 Å². The number of hydrogen-bond donors (Lipinski definition) is 1. The van der Waals surface area contributed by atoms with Gasteiger partial charge in [0.2, 0.25) is 0 Å². The monoisotopic (exact) mass is 160 g/mol. The van der Waals surface area contributed by atoms with Crippen molar-refractivity contribution in [1.82, 2.24) is 0 Å². The quantitative estimate of drug-likeness (QED) is 0.507. The van der Waals surface area contributed by atoms with Crippen LogP contribution in [0.5, 0.6) is 0 Å². The zero-order valence-electron chi connectivity index (χ0n) is 5.99. The zero-order valence-corrected chi connectivity index (χ0v) is 5.99. The van der Waals surface area contributed by atoms with Crippen LogP contribution in [0.1, 0.15) is 12.8 Å². The van der Waals surface area contributed by atoms with Crippen molar-refractivity contribution in [1.29, 1.82) is 0 Å². The molecule has 1 aliphatic rings. The van der Waals surface area contributed by atoms with E-state index in [4.69, 9.17) is 0 Å². The van der Waals surface area contributed by atoms with Crippen molar-refractivity contribution >= 4 is 11.9 Å². The largest absolute Gasteiger partial charge is 0.464 e. The summed E-state index contributed by atoms with van der Waals surface area (Å²) in [5.41, 5.74) is 0. The van der Waals surface area contributed by atoms with Crippen molar-refractivity contribution < 1.29 is 24.2 Å². The number of ether oxygens (including phenoxy) is 2. The van der Waals surface area contributed by atoms with Crippen molar-refractivity contribution in [3.05, 3.63) is 0 Å². The van der Waals surface area contributed by atoms with Gasteiger partial charge >= 0.3 is 17.7 Å². The Kier molecular flexibility index (Phi) is 1.82. The summed E-state index contributed by atoms with van der Waals surface area (Å²) < 4.78 is 8.56. The average molecular weight is 160 g/mol. The molecule has 62 valence electrons. The highest BCUT2D eigenvalue weighted by atomic mass is 16.7. The Morgan fingerprint density at radius 2 is 2.45 bits per heavy atom. The molecule has 0 aliphatic carbocycles. The van der Waals surface area contributed by atoms with Crippen LogP contribution >= 0.6 is 0 Å². The summed E-state index contributed by atoms with van der Waals surface area (Å²) in [5.74, 6) is -3.55. The Morgan fingerprint density at radius 1 is 1.82 bits per heavy atom. The molecule has 5 nitrogen and oxygen atoms in total. The van der Waals surface area contributed by atoms with Crippen LogP contribution in [0.2, 0.25) is 0 Å². The number of hydrogen-bond acceptors (Lipinski definition) is 5. The summed E-state index contributed by atoms with van der Waals surface area (Å²) in [6, 6.07) is 0. The molecule has 0 aromatic carbocycles. The Hall–Kier alpha value is -1.10. The molecule has 1 unspecified atom stereocenters. The first-order chi connectivity index (χ1) is 5.08. The van der Waals surface area contributed by atoms with E-state index in [-0.39, 0.29) is 12.8 Å². The summed E-state index contributed by atoms with van der Waals surface area (Å²) in [6.45, 7) is 0. The van der Waals surface area contributed by atoms with Crippen LogP contribution in [0, 0.1) is 0 Å². The predicted octanol–water partition coefficient (Wildman–Crippen LogP) is -0.815. The highest BCUT2D eigenvalue weighted by Gasteiger charge is 2.46. The molecule has 0 bridgehead atoms. The minimum absolute atomic E-state index is 0.0293. The van der Waals surface area contributed by atoms with Gasteiger partial charge in [-0.3, -0.25) is 4.79 Å². The van der Waals surface area contributed by atoms with Crippen molar-refractivity contribution in [3.8, 4) is 0 Å². The minimum Gasteiger partial charge on any atom is -0.464 e. The summed E-state index contributed by atoms with van der Waals surface area (Å²) in [4.78, 5) is 21.2. The van der Waals surface area contributed by atoms with Crippen molar-refractivity contribution in [2.75, 3.05) is 7.11 Å². The molecule has 1 fully saturated rings. The molecule has 0 aromatic heterocycles. The number of esters is 2. The van der Waals surface area contributed by atoms with E-state index in [1.807, 2.05) is 0 Å². The first kappa shape index (κ1) is 8.00. The second kappa shape index (κ2) is 2.50. The van der Waals surface area contributed by atoms with Gasteiger partial charge in [-0.15, -0.1) is 0 Å². The fourth-order valence-corrected chi connectivity index (χ4v) is 0.865. The molecule has 0 radical (unpaired) electrons. The van der Waals surface area contributed by atoms with Crippen LogP contribution in [0.3, 0.4) is 0 Å². The summed E-state index contributed by atoms with van der Waals surface area (Å²) in [6.07, 6.45) is 0.0180. The lowest BCUT2D eigenvalue weighted by Crippen LogP contribution is -2.38. The topological polar surface area (TPSA) is 72.8 Å². The summed E-state index contributed by atoms with van der Waals surface area (Å²) >= 11 is 0. The van der Waals surface area contributed by atoms with E-state index in [1.165, 1.54) is 0 Å². The van der Waals surface area contributed by atoms with Gasteiger partial charge in [-0.1, -0.05) is 0 Å². The van der Waals surface area contributed by atoms with Gasteiger partial charge in [-0.05, 0) is 0 Å². The Bertz CT molecular complexity index is 199. The van der Waals surface area contributed by atoms with Crippen LogP contribution in [0.15, 0.2) is 0 Å². The first-order valence-corrected chi connectivity index (χ1v) is 3.11. The highest BCUT2D eigenvalue weighted by molar-refractivity contribution is 5.84. The SMILES string of the molecule is COC(=O)C1(O)CCC(=O)O1. The number of aliphatic hydroxyl groups is 1. The molecule has 1 rings (SSSR count). The lowest BCUT2D eigenvalue weighted by molar-refractivity contribution is -0.211. The standard InChI is InChI=1S/C6H8O5/c1-10-5(8)6(9)3-2-4(7)11-6/h9H,2-3H2,1H3. The van der Waals surface area contributed by atoms with Crippen LogP contribution in [0.25, 0.3) is 0 Å². The van der Waals surface area contributed by atoms with Gasteiger partial charge in [-0.25, -0.2) is 4.79 Å². The maximum Gasteiger partial charge on any atom is 0.379 e. The molecule has 1 aliphatic heterocycles. The zero-order chi connectivity index (χ0) is 8.48. The lowest BCUT2D eigenvalue weighted by Gasteiger charge is -2.16. The van der Waals surface area contributed by atoms with Crippen molar-refractivity contribution in [2.45, 2.75) is 18.6 Å². The van der Waals surface area contributed by atoms with Crippen LogP contribution in [-0.2, 0) is 19.1 Å². The molecule has 1 saturated heterocycles. The molecule has 1 atom stereocenters. The Morgan fingerprint density at radius 3 is 2.82 bits per heavy atom. The predicted molar refractivity (Wildman–Crippen MR) is 32.3 cm³/mol. The fraction of sp³-hybridized carbons (Fsp3) is 0.667. The molecule has 0 saturated carbocycles. The normalized spacial score (nSPS) is 29.8. The van der Waals surface area contributed by atoms with Gasteiger partial charge in [0.1, 0.15) is 0 Å². The van der Waals surface area contributed by atoms with E-state index < -0.39 is 17.7 Å². The third kappa shape index (κ3) is 1.32. The minimum atomic E-state index is -2.04. The molecular weight excluding hydrogens is 152 g/mol. The summed E-state index contributed by atoms with van der Waals surface area (Å²) in [7, 11) is 1.12. The molecule has 0 spiro atoms. The number of carbonyl (C=O) groups excluding carboxylic acids is 2. The van der Waals surface area contributed by atoms with Crippen molar-refractivity contribution in [2.24, 2.45) is 0 Å². The maximum absolute atomic E-state index is 10.7. The van der Waals surface area contributed by atoms with Gasteiger partial charge in [0.05, 0.1) is 13.5 Å². The number of methoxy groups -OCH3 is 1. The summed E-state index contributed by atoms with van der Waals surface area (Å²) in [5, 5.41) is 9.21. The molecular formula is C6H8O5. The number of cyclic esters (lactones) is 1. The van der Waals surface area contributed by atoms with Gasteiger partial charge in [0, 0.05) is 6.42 Å². The second-order valence-electron chi connectivity index (χ2n) is 2.25. The molecule has 0 amide bonds. The maximum atomic E-state index is 10.7. The second-order valence-corrected chi connectivity index (χ2v) is 2.25. The van der Waals surface area contributed by atoms with E-state index in [0.717, 1.165) is 7.11 Å². The van der Waals surface area contributed by atoms with Crippen LogP contribution in [-0.4, -0.2) is 29.9 Å². The van der Waals surface area contributed by atoms with E-state index in [1.54, 1.807) is 0 Å². The molecule has 11 heavy (non-hydrogen) atoms. The van der Waals surface area contributed by atoms with Crippen LogP contribution in [0.4, 0.5) is 0 Å². The van der Waals surface area contributed by atoms with Gasteiger partial charge in [-0.2, -0.15) is 0 Å². The highest BCUT2D eigenvalue weighted by Crippen LogP contribution is 2.24. The smallest absolute Gasteiger partial charge is 0.379 e. The molecule has 5 heteroatoms. The molecule has 1 N–H and O–H groups in total. The van der Waals surface area contributed by atoms with Gasteiger partial charge in [0.15, 0.2) is 0 Å². The van der Waals surface area contributed by atoms with E-state index in [2.05, 4.69) is 9.47 Å². The van der Waals surface area contributed by atoms with E-state index in [9.17, 15) is 14.7 Å². The Labute approximate surface area is 62.9 Å². The molecule has 1 heterocycles. The number of rotatable bonds is 1.